The Morgan fingerprint density at radius 1 is 1.42 bits per heavy atom. The lowest BCUT2D eigenvalue weighted by atomic mass is 10.0. The first-order valence-electron chi connectivity index (χ1n) is 6.84. The summed E-state index contributed by atoms with van der Waals surface area (Å²) < 4.78 is 31.7. The van der Waals surface area contributed by atoms with E-state index >= 15 is 0 Å². The van der Waals surface area contributed by atoms with Gasteiger partial charge in [0.15, 0.2) is 5.12 Å². The van der Waals surface area contributed by atoms with E-state index in [9.17, 15) is 18.0 Å². The molecule has 1 unspecified atom stereocenters. The fourth-order valence-corrected chi connectivity index (χ4v) is 2.76. The highest BCUT2D eigenvalue weighted by Gasteiger charge is 2.38. The minimum absolute atomic E-state index is 0.168. The van der Waals surface area contributed by atoms with Crippen molar-refractivity contribution in [3.8, 4) is 0 Å². The second-order valence-corrected chi connectivity index (χ2v) is 6.10. The number of nitrogens with one attached hydrogen (secondary N) is 1. The molecule has 1 atom stereocenters. The van der Waals surface area contributed by atoms with Crippen molar-refractivity contribution >= 4 is 28.9 Å². The average Bonchev–Trinajstić information content (AvgIpc) is 2.49. The monoisotopic (exact) mass is 363 g/mol. The van der Waals surface area contributed by atoms with Crippen LogP contribution in [0.1, 0.15) is 19.0 Å². The van der Waals surface area contributed by atoms with Crippen molar-refractivity contribution in [2.24, 2.45) is 0 Å². The van der Waals surface area contributed by atoms with Gasteiger partial charge < -0.3 is 10.4 Å². The van der Waals surface area contributed by atoms with Gasteiger partial charge >= 0.3 is 12.1 Å². The van der Waals surface area contributed by atoms with Crippen LogP contribution in [0.5, 0.6) is 0 Å². The molecule has 132 valence electrons. The second kappa shape index (κ2) is 9.38. The molecular weight excluding hydrogens is 347 g/mol. The zero-order valence-corrected chi connectivity index (χ0v) is 13.5. The normalized spacial score (nSPS) is 19.3. The largest absolute Gasteiger partial charge is 0.490 e. The van der Waals surface area contributed by atoms with E-state index < -0.39 is 12.1 Å². The van der Waals surface area contributed by atoms with Crippen LogP contribution in [0.15, 0.2) is 24.2 Å². The van der Waals surface area contributed by atoms with Crippen molar-refractivity contribution in [2.75, 3.05) is 13.1 Å². The number of carboxylic acid groups (broad SMARTS) is 1. The SMILES string of the molecule is CC(=O)SC1CCNCC1=Cc1cnccn1.O=C(O)C(F)(F)F. The Bertz CT molecular complexity index is 594. The molecule has 24 heavy (non-hydrogen) atoms. The van der Waals surface area contributed by atoms with E-state index in [1.807, 2.05) is 6.08 Å². The predicted molar refractivity (Wildman–Crippen MR) is 83.2 cm³/mol. The van der Waals surface area contributed by atoms with Crippen LogP contribution in [0.4, 0.5) is 13.2 Å². The fourth-order valence-electron chi connectivity index (χ4n) is 1.82. The van der Waals surface area contributed by atoms with E-state index in [1.54, 1.807) is 25.5 Å². The summed E-state index contributed by atoms with van der Waals surface area (Å²) in [6.07, 6.45) is 2.99. The highest BCUT2D eigenvalue weighted by molar-refractivity contribution is 8.14. The number of carbonyl (C=O) groups excluding carboxylic acids is 1. The molecule has 10 heteroatoms. The molecule has 0 radical (unpaired) electrons. The summed E-state index contributed by atoms with van der Waals surface area (Å²) in [5, 5.41) is 10.9. The third kappa shape index (κ3) is 7.55. The number of aliphatic carboxylic acids is 1. The zero-order chi connectivity index (χ0) is 18.2. The number of alkyl halides is 3. The molecule has 2 rings (SSSR count). The number of thioether (sulfide) groups is 1. The third-order valence-electron chi connectivity index (χ3n) is 2.79. The van der Waals surface area contributed by atoms with Gasteiger partial charge in [-0.25, -0.2) is 4.79 Å². The molecule has 1 fully saturated rings. The number of rotatable bonds is 2. The van der Waals surface area contributed by atoms with Crippen molar-refractivity contribution in [2.45, 2.75) is 24.8 Å². The summed E-state index contributed by atoms with van der Waals surface area (Å²) in [6.45, 7) is 3.40. The van der Waals surface area contributed by atoms with Crippen LogP contribution in [0.2, 0.25) is 0 Å². The summed E-state index contributed by atoms with van der Waals surface area (Å²) >= 11 is 1.41. The Kier molecular flexibility index (Phi) is 7.86. The molecule has 2 heterocycles. The van der Waals surface area contributed by atoms with Gasteiger partial charge in [-0.05, 0) is 24.6 Å². The van der Waals surface area contributed by atoms with Crippen LogP contribution in [-0.2, 0) is 9.59 Å². The molecule has 0 aliphatic carbocycles. The van der Waals surface area contributed by atoms with Gasteiger partial charge in [-0.1, -0.05) is 11.8 Å². The average molecular weight is 363 g/mol. The van der Waals surface area contributed by atoms with Crippen molar-refractivity contribution in [3.05, 3.63) is 29.9 Å². The zero-order valence-electron chi connectivity index (χ0n) is 12.7. The Morgan fingerprint density at radius 3 is 2.58 bits per heavy atom. The quantitative estimate of drug-likeness (QED) is 0.832. The number of carboxylic acids is 1. The first-order valence-corrected chi connectivity index (χ1v) is 7.72. The first-order chi connectivity index (χ1) is 11.2. The van der Waals surface area contributed by atoms with Crippen LogP contribution in [0.3, 0.4) is 0 Å². The molecule has 0 aromatic carbocycles. The molecule has 0 saturated carbocycles. The molecule has 0 bridgehead atoms. The standard InChI is InChI=1S/C12H15N3OS.C2HF3O2/c1-9(16)17-12-2-3-13-7-10(12)6-11-8-14-4-5-15-11;3-2(4,5)1(6)7/h4-6,8,12-13H,2-3,7H2,1H3;(H,6,7). The molecule has 0 spiro atoms. The van der Waals surface area contributed by atoms with Crippen LogP contribution >= 0.6 is 11.8 Å². The van der Waals surface area contributed by atoms with E-state index in [4.69, 9.17) is 9.90 Å². The van der Waals surface area contributed by atoms with Crippen LogP contribution in [0.25, 0.3) is 6.08 Å². The Labute approximate surface area is 140 Å². The molecule has 1 aliphatic rings. The number of hydrogen-bond donors (Lipinski definition) is 2. The molecular formula is C14H16F3N3O3S. The van der Waals surface area contributed by atoms with Gasteiger partial charge in [0, 0.05) is 31.1 Å². The maximum absolute atomic E-state index is 11.2. The molecule has 1 aromatic rings. The van der Waals surface area contributed by atoms with Gasteiger partial charge in [-0.2, -0.15) is 13.2 Å². The highest BCUT2D eigenvalue weighted by atomic mass is 32.2. The molecule has 2 N–H and O–H groups in total. The summed E-state index contributed by atoms with van der Waals surface area (Å²) in [4.78, 5) is 28.4. The number of halogens is 3. The van der Waals surface area contributed by atoms with Gasteiger partial charge in [-0.15, -0.1) is 0 Å². The lowest BCUT2D eigenvalue weighted by Gasteiger charge is -2.24. The highest BCUT2D eigenvalue weighted by Crippen LogP contribution is 2.26. The number of piperidine rings is 1. The number of hydrogen-bond acceptors (Lipinski definition) is 6. The van der Waals surface area contributed by atoms with Crippen molar-refractivity contribution < 1.29 is 27.9 Å². The van der Waals surface area contributed by atoms with Crippen molar-refractivity contribution in [3.63, 3.8) is 0 Å². The Balaban J connectivity index is 0.000000351. The van der Waals surface area contributed by atoms with Gasteiger partial charge in [0.2, 0.25) is 0 Å². The summed E-state index contributed by atoms with van der Waals surface area (Å²) in [5.41, 5.74) is 2.07. The number of nitrogens with zero attached hydrogens (tertiary/aromatic N) is 2. The topological polar surface area (TPSA) is 92.2 Å². The lowest BCUT2D eigenvalue weighted by molar-refractivity contribution is -0.192. The van der Waals surface area contributed by atoms with Crippen LogP contribution in [-0.4, -0.2) is 50.7 Å². The van der Waals surface area contributed by atoms with Gasteiger partial charge in [-0.3, -0.25) is 14.8 Å². The lowest BCUT2D eigenvalue weighted by Crippen LogP contribution is -2.32. The minimum atomic E-state index is -5.08. The summed E-state index contributed by atoms with van der Waals surface area (Å²) in [7, 11) is 0. The van der Waals surface area contributed by atoms with Crippen molar-refractivity contribution in [1.29, 1.82) is 0 Å². The Morgan fingerprint density at radius 2 is 2.08 bits per heavy atom. The van der Waals surface area contributed by atoms with Crippen molar-refractivity contribution in [1.82, 2.24) is 15.3 Å². The maximum Gasteiger partial charge on any atom is 0.490 e. The van der Waals surface area contributed by atoms with E-state index in [0.29, 0.717) is 0 Å². The summed E-state index contributed by atoms with van der Waals surface area (Å²) in [6, 6.07) is 0. The van der Waals surface area contributed by atoms with E-state index in [-0.39, 0.29) is 10.4 Å². The van der Waals surface area contributed by atoms with Crippen LogP contribution < -0.4 is 5.32 Å². The molecule has 0 amide bonds. The van der Waals surface area contributed by atoms with Gasteiger partial charge in [0.25, 0.3) is 0 Å². The number of carbonyl (C=O) groups is 2. The molecule has 6 nitrogen and oxygen atoms in total. The third-order valence-corrected chi connectivity index (χ3v) is 3.95. The molecule has 1 aromatic heterocycles. The van der Waals surface area contributed by atoms with Gasteiger partial charge in [0.1, 0.15) is 0 Å². The van der Waals surface area contributed by atoms with Gasteiger partial charge in [0.05, 0.1) is 11.9 Å². The second-order valence-electron chi connectivity index (χ2n) is 4.72. The summed E-state index contributed by atoms with van der Waals surface area (Å²) in [5.74, 6) is -2.76. The maximum atomic E-state index is 11.2. The minimum Gasteiger partial charge on any atom is -0.475 e. The van der Waals surface area contributed by atoms with E-state index in [2.05, 4.69) is 15.3 Å². The van der Waals surface area contributed by atoms with Crippen LogP contribution in [0, 0.1) is 0 Å². The Hall–Kier alpha value is -1.94. The molecule has 1 saturated heterocycles. The van der Waals surface area contributed by atoms with E-state index in [1.165, 1.54) is 17.3 Å². The first kappa shape index (κ1) is 20.1. The predicted octanol–water partition coefficient (Wildman–Crippen LogP) is 2.13. The van der Waals surface area contributed by atoms with E-state index in [0.717, 1.165) is 25.2 Å². The molecule has 1 aliphatic heterocycles. The number of aromatic nitrogens is 2. The fraction of sp³-hybridized carbons (Fsp3) is 0.429. The smallest absolute Gasteiger partial charge is 0.475 e.